The molecule has 0 aliphatic carbocycles. The standard InChI is InChI=1S/C24H29NO4/c1-18-7-9-20(10-8-18)24(13-15-29-16-14-24)23(28)25-21(11-12-22(26)27)17-19-5-3-2-4-6-19/h2-10,21H,11-17H2,1H3,(H,25,28)(H,26,27). The number of amides is 1. The summed E-state index contributed by atoms with van der Waals surface area (Å²) in [5, 5.41) is 12.3. The molecule has 0 bridgehead atoms. The number of carbonyl (C=O) groups excluding carboxylic acids is 1. The van der Waals surface area contributed by atoms with E-state index in [1.165, 1.54) is 0 Å². The first-order valence-electron chi connectivity index (χ1n) is 10.2. The molecule has 1 aliphatic heterocycles. The van der Waals surface area contributed by atoms with Crippen LogP contribution in [0.5, 0.6) is 0 Å². The summed E-state index contributed by atoms with van der Waals surface area (Å²) in [5.41, 5.74) is 2.60. The quantitative estimate of drug-likeness (QED) is 0.716. The van der Waals surface area contributed by atoms with Crippen LogP contribution in [-0.2, 0) is 26.2 Å². The minimum atomic E-state index is -0.850. The van der Waals surface area contributed by atoms with E-state index in [9.17, 15) is 9.59 Å². The summed E-state index contributed by atoms with van der Waals surface area (Å²) >= 11 is 0. The molecular formula is C24H29NO4. The van der Waals surface area contributed by atoms with Crippen molar-refractivity contribution in [3.8, 4) is 0 Å². The molecule has 1 aliphatic rings. The van der Waals surface area contributed by atoms with Crippen LogP contribution < -0.4 is 5.32 Å². The fourth-order valence-corrected chi connectivity index (χ4v) is 3.98. The van der Waals surface area contributed by atoms with Crippen molar-refractivity contribution in [2.24, 2.45) is 0 Å². The average Bonchev–Trinajstić information content (AvgIpc) is 2.73. The molecule has 1 unspecified atom stereocenters. The van der Waals surface area contributed by atoms with E-state index >= 15 is 0 Å². The van der Waals surface area contributed by atoms with E-state index < -0.39 is 11.4 Å². The predicted octanol–water partition coefficient (Wildman–Crippen LogP) is 3.64. The molecule has 29 heavy (non-hydrogen) atoms. The Hall–Kier alpha value is -2.66. The van der Waals surface area contributed by atoms with Crippen LogP contribution in [0.3, 0.4) is 0 Å². The molecule has 2 aromatic carbocycles. The molecule has 1 amide bonds. The molecule has 1 atom stereocenters. The van der Waals surface area contributed by atoms with Crippen molar-refractivity contribution in [3.05, 3.63) is 71.3 Å². The zero-order chi connectivity index (χ0) is 20.7. The number of nitrogens with one attached hydrogen (secondary N) is 1. The van der Waals surface area contributed by atoms with E-state index in [2.05, 4.69) is 5.32 Å². The van der Waals surface area contributed by atoms with Crippen molar-refractivity contribution in [1.82, 2.24) is 5.32 Å². The van der Waals surface area contributed by atoms with Crippen LogP contribution >= 0.6 is 0 Å². The highest BCUT2D eigenvalue weighted by molar-refractivity contribution is 5.88. The number of carboxylic acid groups (broad SMARTS) is 1. The van der Waals surface area contributed by atoms with Gasteiger partial charge in [0.25, 0.3) is 0 Å². The van der Waals surface area contributed by atoms with Crippen LogP contribution in [0.25, 0.3) is 0 Å². The van der Waals surface area contributed by atoms with E-state index in [-0.39, 0.29) is 18.4 Å². The van der Waals surface area contributed by atoms with E-state index in [0.717, 1.165) is 16.7 Å². The van der Waals surface area contributed by atoms with Gasteiger partial charge in [0.05, 0.1) is 5.41 Å². The number of carboxylic acids is 1. The molecule has 1 fully saturated rings. The van der Waals surface area contributed by atoms with Gasteiger partial charge in [0.2, 0.25) is 5.91 Å². The molecular weight excluding hydrogens is 366 g/mol. The van der Waals surface area contributed by atoms with Gasteiger partial charge >= 0.3 is 5.97 Å². The molecule has 3 rings (SSSR count). The molecule has 1 saturated heterocycles. The highest BCUT2D eigenvalue weighted by Gasteiger charge is 2.42. The third-order valence-corrected chi connectivity index (χ3v) is 5.75. The van der Waals surface area contributed by atoms with Crippen molar-refractivity contribution < 1.29 is 19.4 Å². The van der Waals surface area contributed by atoms with Crippen molar-refractivity contribution in [1.29, 1.82) is 0 Å². The van der Waals surface area contributed by atoms with Gasteiger partial charge in [-0.1, -0.05) is 60.2 Å². The molecule has 154 valence electrons. The number of hydrogen-bond donors (Lipinski definition) is 2. The van der Waals surface area contributed by atoms with Crippen molar-refractivity contribution in [2.75, 3.05) is 13.2 Å². The Labute approximate surface area is 172 Å². The first-order valence-corrected chi connectivity index (χ1v) is 10.2. The topological polar surface area (TPSA) is 75.6 Å². The van der Waals surface area contributed by atoms with Crippen LogP contribution in [0.2, 0.25) is 0 Å². The molecule has 0 radical (unpaired) electrons. The van der Waals surface area contributed by atoms with Gasteiger partial charge in [0.15, 0.2) is 0 Å². The fourth-order valence-electron chi connectivity index (χ4n) is 3.98. The fraction of sp³-hybridized carbons (Fsp3) is 0.417. The lowest BCUT2D eigenvalue weighted by Gasteiger charge is -2.37. The Bertz CT molecular complexity index is 811. The summed E-state index contributed by atoms with van der Waals surface area (Å²) in [6.07, 6.45) is 2.28. The summed E-state index contributed by atoms with van der Waals surface area (Å²) < 4.78 is 5.54. The Morgan fingerprint density at radius 1 is 1.07 bits per heavy atom. The van der Waals surface area contributed by atoms with Crippen molar-refractivity contribution in [3.63, 3.8) is 0 Å². The monoisotopic (exact) mass is 395 g/mol. The summed E-state index contributed by atoms with van der Waals surface area (Å²) in [6, 6.07) is 17.8. The molecule has 0 aromatic heterocycles. The van der Waals surface area contributed by atoms with Crippen molar-refractivity contribution >= 4 is 11.9 Å². The zero-order valence-corrected chi connectivity index (χ0v) is 16.9. The maximum atomic E-state index is 13.5. The van der Waals surface area contributed by atoms with Gasteiger partial charge in [-0.25, -0.2) is 0 Å². The number of rotatable bonds is 8. The van der Waals surface area contributed by atoms with Crippen LogP contribution in [0.4, 0.5) is 0 Å². The maximum Gasteiger partial charge on any atom is 0.303 e. The SMILES string of the molecule is Cc1ccc(C2(C(=O)NC(CCC(=O)O)Cc3ccccc3)CCOCC2)cc1. The minimum absolute atomic E-state index is 0.0262. The van der Waals surface area contributed by atoms with Crippen molar-refractivity contribution in [2.45, 2.75) is 50.5 Å². The van der Waals surface area contributed by atoms with Crippen LogP contribution in [0, 0.1) is 6.92 Å². The highest BCUT2D eigenvalue weighted by Crippen LogP contribution is 2.35. The van der Waals surface area contributed by atoms with E-state index in [1.54, 1.807) is 0 Å². The number of carbonyl (C=O) groups is 2. The van der Waals surface area contributed by atoms with Gasteiger partial charge in [-0.3, -0.25) is 9.59 Å². The zero-order valence-electron chi connectivity index (χ0n) is 16.9. The summed E-state index contributed by atoms with van der Waals surface area (Å²) in [6.45, 7) is 3.11. The molecule has 0 saturated carbocycles. The Kier molecular flexibility index (Phi) is 7.04. The molecule has 2 aromatic rings. The third kappa shape index (κ3) is 5.45. The molecule has 2 N–H and O–H groups in total. The van der Waals surface area contributed by atoms with E-state index in [1.807, 2.05) is 61.5 Å². The van der Waals surface area contributed by atoms with Gasteiger partial charge in [-0.2, -0.15) is 0 Å². The maximum absolute atomic E-state index is 13.5. The summed E-state index contributed by atoms with van der Waals surface area (Å²) in [7, 11) is 0. The van der Waals surface area contributed by atoms with Gasteiger partial charge in [-0.05, 0) is 43.7 Å². The number of hydrogen-bond acceptors (Lipinski definition) is 3. The van der Waals surface area contributed by atoms with Gasteiger partial charge < -0.3 is 15.2 Å². The highest BCUT2D eigenvalue weighted by atomic mass is 16.5. The van der Waals surface area contributed by atoms with E-state index in [4.69, 9.17) is 9.84 Å². The normalized spacial score (nSPS) is 16.7. The lowest BCUT2D eigenvalue weighted by molar-refractivity contribution is -0.138. The average molecular weight is 395 g/mol. The lowest BCUT2D eigenvalue weighted by atomic mass is 9.73. The minimum Gasteiger partial charge on any atom is -0.481 e. The first kappa shape index (κ1) is 21.1. The molecule has 1 heterocycles. The van der Waals surface area contributed by atoms with Gasteiger partial charge in [0.1, 0.15) is 0 Å². The number of aryl methyl sites for hydroxylation is 1. The van der Waals surface area contributed by atoms with Gasteiger partial charge in [-0.15, -0.1) is 0 Å². The Morgan fingerprint density at radius 2 is 1.72 bits per heavy atom. The van der Waals surface area contributed by atoms with Gasteiger partial charge in [0, 0.05) is 25.7 Å². The molecule has 0 spiro atoms. The van der Waals surface area contributed by atoms with Crippen LogP contribution in [0.1, 0.15) is 42.4 Å². The number of ether oxygens (including phenoxy) is 1. The number of aliphatic carboxylic acids is 1. The first-order chi connectivity index (χ1) is 14.0. The second-order valence-electron chi connectivity index (χ2n) is 7.85. The lowest BCUT2D eigenvalue weighted by Crippen LogP contribution is -2.51. The summed E-state index contributed by atoms with van der Waals surface area (Å²) in [4.78, 5) is 24.7. The Morgan fingerprint density at radius 3 is 2.34 bits per heavy atom. The molecule has 5 heteroatoms. The summed E-state index contributed by atoms with van der Waals surface area (Å²) in [5.74, 6) is -0.882. The second kappa shape index (κ2) is 9.70. The smallest absolute Gasteiger partial charge is 0.303 e. The third-order valence-electron chi connectivity index (χ3n) is 5.75. The largest absolute Gasteiger partial charge is 0.481 e. The second-order valence-corrected chi connectivity index (χ2v) is 7.85. The predicted molar refractivity (Wildman–Crippen MR) is 112 cm³/mol. The van der Waals surface area contributed by atoms with Crippen LogP contribution in [-0.4, -0.2) is 36.2 Å². The number of benzene rings is 2. The van der Waals surface area contributed by atoms with E-state index in [0.29, 0.717) is 38.9 Å². The Balaban J connectivity index is 1.82. The molecule has 5 nitrogen and oxygen atoms in total. The van der Waals surface area contributed by atoms with Crippen LogP contribution in [0.15, 0.2) is 54.6 Å².